The highest BCUT2D eigenvalue weighted by Gasteiger charge is 2.17. The zero-order chi connectivity index (χ0) is 14.3. The Kier molecular flexibility index (Phi) is 2.82. The Morgan fingerprint density at radius 3 is 2.80 bits per heavy atom. The van der Waals surface area contributed by atoms with Gasteiger partial charge in [0.25, 0.3) is 5.56 Å². The van der Waals surface area contributed by atoms with Crippen LogP contribution < -0.4 is 5.56 Å². The molecule has 3 aromatic rings. The molecule has 0 spiro atoms. The standard InChI is InChI=1S/C15H14N2O3/c1-3-20-15(19)12-8-10-13(17(12)2)9-6-4-5-7-11(9)16-14(10)18/h4-8H,3H2,1-2H3,(H,16,18). The molecule has 0 atom stereocenters. The van der Waals surface area contributed by atoms with Crippen molar-refractivity contribution in [3.05, 3.63) is 46.4 Å². The van der Waals surface area contributed by atoms with Crippen molar-refractivity contribution >= 4 is 27.8 Å². The maximum absolute atomic E-state index is 12.1. The van der Waals surface area contributed by atoms with Crippen LogP contribution in [0.4, 0.5) is 0 Å². The Labute approximate surface area is 114 Å². The largest absolute Gasteiger partial charge is 0.461 e. The first kappa shape index (κ1) is 12.5. The van der Waals surface area contributed by atoms with Crippen LogP contribution in [0.2, 0.25) is 0 Å². The second-order valence-electron chi connectivity index (χ2n) is 4.57. The van der Waals surface area contributed by atoms with Crippen LogP contribution in [0.25, 0.3) is 21.8 Å². The number of ether oxygens (including phenoxy) is 1. The predicted molar refractivity (Wildman–Crippen MR) is 77.0 cm³/mol. The predicted octanol–water partition coefficient (Wildman–Crippen LogP) is 2.20. The number of H-pyrrole nitrogens is 1. The lowest BCUT2D eigenvalue weighted by Crippen LogP contribution is -2.09. The van der Waals surface area contributed by atoms with Gasteiger partial charge in [0, 0.05) is 12.4 Å². The average Bonchev–Trinajstić information content (AvgIpc) is 2.78. The fourth-order valence-electron chi connectivity index (χ4n) is 2.49. The van der Waals surface area contributed by atoms with Gasteiger partial charge in [0.1, 0.15) is 5.69 Å². The Hall–Kier alpha value is -2.56. The van der Waals surface area contributed by atoms with Gasteiger partial charge in [-0.05, 0) is 19.1 Å². The molecule has 0 aliphatic carbocycles. The molecule has 0 radical (unpaired) electrons. The summed E-state index contributed by atoms with van der Waals surface area (Å²) < 4.78 is 6.73. The van der Waals surface area contributed by atoms with Gasteiger partial charge in [-0.3, -0.25) is 4.79 Å². The molecule has 102 valence electrons. The monoisotopic (exact) mass is 270 g/mol. The Balaban J connectivity index is 2.42. The van der Waals surface area contributed by atoms with Crippen LogP contribution in [0.5, 0.6) is 0 Å². The first-order valence-electron chi connectivity index (χ1n) is 6.41. The van der Waals surface area contributed by atoms with E-state index in [1.807, 2.05) is 24.3 Å². The number of aryl methyl sites for hydroxylation is 1. The fraction of sp³-hybridized carbons (Fsp3) is 0.200. The summed E-state index contributed by atoms with van der Waals surface area (Å²) in [5.74, 6) is -0.422. The van der Waals surface area contributed by atoms with Crippen LogP contribution in [0.3, 0.4) is 0 Å². The molecule has 2 aromatic heterocycles. The smallest absolute Gasteiger partial charge is 0.354 e. The highest BCUT2D eigenvalue weighted by atomic mass is 16.5. The second-order valence-corrected chi connectivity index (χ2v) is 4.57. The number of aromatic nitrogens is 2. The maximum Gasteiger partial charge on any atom is 0.354 e. The van der Waals surface area contributed by atoms with Crippen molar-refractivity contribution in [3.63, 3.8) is 0 Å². The number of nitrogens with one attached hydrogen (secondary N) is 1. The Morgan fingerprint density at radius 1 is 1.30 bits per heavy atom. The lowest BCUT2D eigenvalue weighted by Gasteiger charge is -2.05. The summed E-state index contributed by atoms with van der Waals surface area (Å²) in [6, 6.07) is 9.10. The molecule has 5 heteroatoms. The highest BCUT2D eigenvalue weighted by Crippen LogP contribution is 2.24. The van der Waals surface area contributed by atoms with Gasteiger partial charge in [-0.2, -0.15) is 0 Å². The van der Waals surface area contributed by atoms with E-state index in [-0.39, 0.29) is 5.56 Å². The number of nitrogens with zero attached hydrogens (tertiary/aromatic N) is 1. The molecule has 0 fully saturated rings. The number of hydrogen-bond acceptors (Lipinski definition) is 3. The zero-order valence-corrected chi connectivity index (χ0v) is 11.3. The minimum Gasteiger partial charge on any atom is -0.461 e. The summed E-state index contributed by atoms with van der Waals surface area (Å²) in [6.07, 6.45) is 0. The van der Waals surface area contributed by atoms with Crippen LogP contribution >= 0.6 is 0 Å². The summed E-state index contributed by atoms with van der Waals surface area (Å²) in [5, 5.41) is 1.40. The summed E-state index contributed by atoms with van der Waals surface area (Å²) in [7, 11) is 1.76. The molecule has 0 aliphatic rings. The minimum absolute atomic E-state index is 0.204. The van der Waals surface area contributed by atoms with E-state index >= 15 is 0 Å². The van der Waals surface area contributed by atoms with Crippen molar-refractivity contribution in [2.45, 2.75) is 6.92 Å². The van der Waals surface area contributed by atoms with Crippen molar-refractivity contribution in [1.82, 2.24) is 9.55 Å². The van der Waals surface area contributed by atoms with E-state index in [1.165, 1.54) is 0 Å². The molecule has 0 saturated heterocycles. The maximum atomic E-state index is 12.1. The first-order valence-corrected chi connectivity index (χ1v) is 6.41. The second kappa shape index (κ2) is 4.52. The number of benzene rings is 1. The van der Waals surface area contributed by atoms with E-state index in [9.17, 15) is 9.59 Å². The lowest BCUT2D eigenvalue weighted by atomic mass is 10.1. The Bertz CT molecular complexity index is 874. The van der Waals surface area contributed by atoms with Crippen LogP contribution in [-0.2, 0) is 11.8 Å². The summed E-state index contributed by atoms with van der Waals surface area (Å²) in [5.41, 5.74) is 1.67. The Morgan fingerprint density at radius 2 is 2.05 bits per heavy atom. The molecule has 0 amide bonds. The minimum atomic E-state index is -0.422. The van der Waals surface area contributed by atoms with Gasteiger partial charge >= 0.3 is 5.97 Å². The van der Waals surface area contributed by atoms with E-state index in [4.69, 9.17) is 4.74 Å². The van der Waals surface area contributed by atoms with Crippen LogP contribution in [0.1, 0.15) is 17.4 Å². The molecule has 2 heterocycles. The molecule has 5 nitrogen and oxygen atoms in total. The molecule has 3 rings (SSSR count). The van der Waals surface area contributed by atoms with Crippen LogP contribution in [0, 0.1) is 0 Å². The van der Waals surface area contributed by atoms with Crippen LogP contribution in [-0.4, -0.2) is 22.1 Å². The molecule has 20 heavy (non-hydrogen) atoms. The number of carbonyl (C=O) groups excluding carboxylic acids is 1. The van der Waals surface area contributed by atoms with Crippen molar-refractivity contribution in [2.24, 2.45) is 7.05 Å². The molecule has 0 saturated carbocycles. The van der Waals surface area contributed by atoms with Gasteiger partial charge in [0.2, 0.25) is 0 Å². The number of aromatic amines is 1. The number of esters is 1. The average molecular weight is 270 g/mol. The normalized spacial score (nSPS) is 11.1. The van der Waals surface area contributed by atoms with Gasteiger partial charge < -0.3 is 14.3 Å². The van der Waals surface area contributed by atoms with Gasteiger partial charge in [-0.1, -0.05) is 18.2 Å². The molecule has 1 aromatic carbocycles. The van der Waals surface area contributed by atoms with E-state index in [0.29, 0.717) is 17.7 Å². The number of fused-ring (bicyclic) bond motifs is 3. The number of carbonyl (C=O) groups is 1. The van der Waals surface area contributed by atoms with Crippen molar-refractivity contribution < 1.29 is 9.53 Å². The quantitative estimate of drug-likeness (QED) is 0.726. The van der Waals surface area contributed by atoms with E-state index in [1.54, 1.807) is 24.6 Å². The van der Waals surface area contributed by atoms with Gasteiger partial charge in [-0.25, -0.2) is 4.79 Å². The number of hydrogen-bond donors (Lipinski definition) is 1. The highest BCUT2D eigenvalue weighted by molar-refractivity contribution is 6.07. The van der Waals surface area contributed by atoms with Crippen molar-refractivity contribution in [1.29, 1.82) is 0 Å². The molecule has 0 bridgehead atoms. The van der Waals surface area contributed by atoms with Crippen LogP contribution in [0.15, 0.2) is 35.1 Å². The topological polar surface area (TPSA) is 64.1 Å². The molecule has 1 N–H and O–H groups in total. The molecule has 0 aliphatic heterocycles. The number of rotatable bonds is 2. The molecule has 0 unspecified atom stereocenters. The third-order valence-corrected chi connectivity index (χ3v) is 3.39. The third-order valence-electron chi connectivity index (χ3n) is 3.39. The first-order chi connectivity index (χ1) is 9.63. The molecular formula is C15H14N2O3. The number of para-hydroxylation sites is 1. The summed E-state index contributed by atoms with van der Waals surface area (Å²) in [4.78, 5) is 26.9. The third kappa shape index (κ3) is 1.71. The number of pyridine rings is 1. The lowest BCUT2D eigenvalue weighted by molar-refractivity contribution is 0.0516. The van der Waals surface area contributed by atoms with E-state index in [0.717, 1.165) is 16.4 Å². The summed E-state index contributed by atoms with van der Waals surface area (Å²) in [6.45, 7) is 2.06. The zero-order valence-electron chi connectivity index (χ0n) is 11.3. The van der Waals surface area contributed by atoms with Crippen molar-refractivity contribution in [2.75, 3.05) is 6.61 Å². The van der Waals surface area contributed by atoms with Gasteiger partial charge in [0.15, 0.2) is 0 Å². The summed E-state index contributed by atoms with van der Waals surface area (Å²) >= 11 is 0. The van der Waals surface area contributed by atoms with Gasteiger partial charge in [0.05, 0.1) is 23.0 Å². The fourth-order valence-corrected chi connectivity index (χ4v) is 2.49. The molecular weight excluding hydrogens is 256 g/mol. The van der Waals surface area contributed by atoms with Gasteiger partial charge in [-0.15, -0.1) is 0 Å². The van der Waals surface area contributed by atoms with Crippen molar-refractivity contribution in [3.8, 4) is 0 Å². The SMILES string of the molecule is CCOC(=O)c1cc2c(=O)[nH]c3ccccc3c2n1C. The van der Waals surface area contributed by atoms with E-state index in [2.05, 4.69) is 4.98 Å². The van der Waals surface area contributed by atoms with E-state index < -0.39 is 5.97 Å².